The summed E-state index contributed by atoms with van der Waals surface area (Å²) in [6.45, 7) is 4.12. The standard InChI is InChI=1S/C23H21FO3/c1-15-5-4-6-16(2)23(15)20-11-18(21(24)12-22(20)26-3)14-27-19-9-7-17(13-25)8-10-19/h4-13H,14H2,1-3H3. The van der Waals surface area contributed by atoms with E-state index in [0.29, 0.717) is 22.6 Å². The van der Waals surface area contributed by atoms with Crippen molar-refractivity contribution in [2.24, 2.45) is 0 Å². The molecular formula is C23H21FO3. The van der Waals surface area contributed by atoms with Gasteiger partial charge in [-0.15, -0.1) is 0 Å². The lowest BCUT2D eigenvalue weighted by molar-refractivity contribution is 0.112. The summed E-state index contributed by atoms with van der Waals surface area (Å²) in [4.78, 5) is 10.7. The van der Waals surface area contributed by atoms with Gasteiger partial charge in [0.2, 0.25) is 0 Å². The molecule has 3 rings (SSSR count). The predicted molar refractivity (Wildman–Crippen MR) is 104 cm³/mol. The van der Waals surface area contributed by atoms with Crippen molar-refractivity contribution in [3.8, 4) is 22.6 Å². The lowest BCUT2D eigenvalue weighted by Crippen LogP contribution is -2.02. The summed E-state index contributed by atoms with van der Waals surface area (Å²) in [5.74, 6) is 0.680. The number of hydrogen-bond donors (Lipinski definition) is 0. The molecule has 0 saturated carbocycles. The largest absolute Gasteiger partial charge is 0.496 e. The fourth-order valence-corrected chi connectivity index (χ4v) is 3.12. The molecule has 0 spiro atoms. The van der Waals surface area contributed by atoms with Crippen molar-refractivity contribution < 1.29 is 18.7 Å². The molecule has 0 fully saturated rings. The summed E-state index contributed by atoms with van der Waals surface area (Å²) in [5, 5.41) is 0. The van der Waals surface area contributed by atoms with Gasteiger partial charge in [0.15, 0.2) is 0 Å². The first-order valence-electron chi connectivity index (χ1n) is 8.64. The lowest BCUT2D eigenvalue weighted by atomic mass is 9.93. The normalized spacial score (nSPS) is 10.5. The van der Waals surface area contributed by atoms with Crippen LogP contribution in [-0.2, 0) is 6.61 Å². The van der Waals surface area contributed by atoms with Crippen molar-refractivity contribution in [1.82, 2.24) is 0 Å². The minimum atomic E-state index is -0.383. The van der Waals surface area contributed by atoms with E-state index in [-0.39, 0.29) is 12.4 Å². The number of halogens is 1. The van der Waals surface area contributed by atoms with Gasteiger partial charge < -0.3 is 9.47 Å². The highest BCUT2D eigenvalue weighted by atomic mass is 19.1. The molecule has 0 N–H and O–H groups in total. The summed E-state index contributed by atoms with van der Waals surface area (Å²) in [5.41, 5.74) is 5.06. The Morgan fingerprint density at radius 2 is 1.67 bits per heavy atom. The third-order valence-corrected chi connectivity index (χ3v) is 4.53. The van der Waals surface area contributed by atoms with Gasteiger partial charge in [-0.2, -0.15) is 0 Å². The number of benzene rings is 3. The van der Waals surface area contributed by atoms with E-state index in [1.165, 1.54) is 13.2 Å². The van der Waals surface area contributed by atoms with Crippen molar-refractivity contribution >= 4 is 6.29 Å². The van der Waals surface area contributed by atoms with Gasteiger partial charge in [0, 0.05) is 22.8 Å². The van der Waals surface area contributed by atoms with Crippen LogP contribution in [0, 0.1) is 19.7 Å². The van der Waals surface area contributed by atoms with Crippen LogP contribution in [0.25, 0.3) is 11.1 Å². The number of rotatable bonds is 6. The van der Waals surface area contributed by atoms with E-state index in [1.807, 2.05) is 32.0 Å². The Kier molecular flexibility index (Phi) is 5.55. The first-order valence-corrected chi connectivity index (χ1v) is 8.64. The topological polar surface area (TPSA) is 35.5 Å². The zero-order chi connectivity index (χ0) is 19.4. The Morgan fingerprint density at radius 1 is 1.00 bits per heavy atom. The number of aldehydes is 1. The molecule has 4 heteroatoms. The molecule has 0 atom stereocenters. The molecule has 0 amide bonds. The Balaban J connectivity index is 1.95. The van der Waals surface area contributed by atoms with Crippen LogP contribution in [0.3, 0.4) is 0 Å². The molecule has 3 nitrogen and oxygen atoms in total. The van der Waals surface area contributed by atoms with E-state index in [1.54, 1.807) is 30.3 Å². The molecule has 0 aliphatic rings. The summed E-state index contributed by atoms with van der Waals surface area (Å²) in [6, 6.07) is 15.9. The van der Waals surface area contributed by atoms with Gasteiger partial charge in [0.25, 0.3) is 0 Å². The van der Waals surface area contributed by atoms with E-state index in [0.717, 1.165) is 28.5 Å². The lowest BCUT2D eigenvalue weighted by Gasteiger charge is -2.16. The third kappa shape index (κ3) is 4.00. The minimum absolute atomic E-state index is 0.0776. The second-order valence-electron chi connectivity index (χ2n) is 6.39. The number of carbonyl (C=O) groups is 1. The highest BCUT2D eigenvalue weighted by Crippen LogP contribution is 2.36. The van der Waals surface area contributed by atoms with Crippen LogP contribution < -0.4 is 9.47 Å². The molecule has 0 aromatic heterocycles. The summed E-state index contributed by atoms with van der Waals surface area (Å²) < 4.78 is 25.7. The van der Waals surface area contributed by atoms with Crippen molar-refractivity contribution in [3.63, 3.8) is 0 Å². The van der Waals surface area contributed by atoms with Crippen molar-refractivity contribution in [2.45, 2.75) is 20.5 Å². The minimum Gasteiger partial charge on any atom is -0.496 e. The Bertz CT molecular complexity index is 942. The van der Waals surface area contributed by atoms with E-state index >= 15 is 0 Å². The fourth-order valence-electron chi connectivity index (χ4n) is 3.12. The van der Waals surface area contributed by atoms with Crippen LogP contribution in [0.2, 0.25) is 0 Å². The van der Waals surface area contributed by atoms with Gasteiger partial charge in [-0.3, -0.25) is 4.79 Å². The summed E-state index contributed by atoms with van der Waals surface area (Å²) in [6.07, 6.45) is 0.768. The maximum atomic E-state index is 14.5. The molecule has 27 heavy (non-hydrogen) atoms. The molecule has 0 heterocycles. The zero-order valence-electron chi connectivity index (χ0n) is 15.6. The van der Waals surface area contributed by atoms with Crippen molar-refractivity contribution in [3.05, 3.63) is 82.7 Å². The third-order valence-electron chi connectivity index (χ3n) is 4.53. The van der Waals surface area contributed by atoms with Crippen LogP contribution in [0.5, 0.6) is 11.5 Å². The van der Waals surface area contributed by atoms with Crippen LogP contribution in [0.4, 0.5) is 4.39 Å². The number of hydrogen-bond acceptors (Lipinski definition) is 3. The van der Waals surface area contributed by atoms with Gasteiger partial charge in [-0.05, 0) is 60.9 Å². The number of aryl methyl sites for hydroxylation is 2. The first-order chi connectivity index (χ1) is 13.0. The van der Waals surface area contributed by atoms with Gasteiger partial charge in [0.05, 0.1) is 7.11 Å². The molecule has 138 valence electrons. The summed E-state index contributed by atoms with van der Waals surface area (Å²) in [7, 11) is 1.54. The van der Waals surface area contributed by atoms with E-state index < -0.39 is 0 Å². The predicted octanol–water partition coefficient (Wildman–Crippen LogP) is 5.51. The highest BCUT2D eigenvalue weighted by Gasteiger charge is 2.16. The van der Waals surface area contributed by atoms with E-state index in [9.17, 15) is 9.18 Å². The molecule has 0 radical (unpaired) electrons. The van der Waals surface area contributed by atoms with Crippen LogP contribution in [-0.4, -0.2) is 13.4 Å². The first kappa shape index (κ1) is 18.6. The monoisotopic (exact) mass is 364 g/mol. The molecule has 3 aromatic carbocycles. The Labute approximate surface area is 158 Å². The highest BCUT2D eigenvalue weighted by molar-refractivity contribution is 5.77. The molecule has 0 saturated heterocycles. The smallest absolute Gasteiger partial charge is 0.150 e. The molecule has 3 aromatic rings. The summed E-state index contributed by atoms with van der Waals surface area (Å²) >= 11 is 0. The van der Waals surface area contributed by atoms with E-state index in [2.05, 4.69) is 0 Å². The van der Waals surface area contributed by atoms with Gasteiger partial charge in [0.1, 0.15) is 30.2 Å². The molecule has 0 aliphatic carbocycles. The molecule has 0 bridgehead atoms. The molecular weight excluding hydrogens is 343 g/mol. The van der Waals surface area contributed by atoms with Crippen molar-refractivity contribution in [2.75, 3.05) is 7.11 Å². The van der Waals surface area contributed by atoms with Gasteiger partial charge in [-0.25, -0.2) is 4.39 Å². The van der Waals surface area contributed by atoms with Gasteiger partial charge >= 0.3 is 0 Å². The van der Waals surface area contributed by atoms with E-state index in [4.69, 9.17) is 9.47 Å². The molecule has 0 unspecified atom stereocenters. The van der Waals surface area contributed by atoms with Crippen molar-refractivity contribution in [1.29, 1.82) is 0 Å². The zero-order valence-corrected chi connectivity index (χ0v) is 15.6. The SMILES string of the molecule is COc1cc(F)c(COc2ccc(C=O)cc2)cc1-c1c(C)cccc1C. The second-order valence-corrected chi connectivity index (χ2v) is 6.39. The maximum Gasteiger partial charge on any atom is 0.150 e. The average Bonchev–Trinajstić information content (AvgIpc) is 2.68. The van der Waals surface area contributed by atoms with Gasteiger partial charge in [-0.1, -0.05) is 18.2 Å². The maximum absolute atomic E-state index is 14.5. The number of carbonyl (C=O) groups excluding carboxylic acids is 1. The quantitative estimate of drug-likeness (QED) is 0.541. The van der Waals surface area contributed by atoms with Crippen LogP contribution in [0.15, 0.2) is 54.6 Å². The number of methoxy groups -OCH3 is 1. The Morgan fingerprint density at radius 3 is 2.26 bits per heavy atom. The second kappa shape index (κ2) is 8.04. The van der Waals surface area contributed by atoms with Crippen LogP contribution >= 0.6 is 0 Å². The molecule has 0 aliphatic heterocycles. The fraction of sp³-hybridized carbons (Fsp3) is 0.174. The van der Waals surface area contributed by atoms with Crippen LogP contribution in [0.1, 0.15) is 27.0 Å². The number of ether oxygens (including phenoxy) is 2. The Hall–Kier alpha value is -3.14. The average molecular weight is 364 g/mol.